The molecule has 2 N–H and O–H groups in total. The van der Waals surface area contributed by atoms with Crippen LogP contribution in [0.4, 0.5) is 5.69 Å². The van der Waals surface area contributed by atoms with Crippen LogP contribution in [0.1, 0.15) is 17.2 Å². The van der Waals surface area contributed by atoms with Crippen molar-refractivity contribution in [3.05, 3.63) is 63.1 Å². The van der Waals surface area contributed by atoms with E-state index in [4.69, 9.17) is 11.6 Å². The Morgan fingerprint density at radius 2 is 2.00 bits per heavy atom. The molecule has 0 heterocycles. The number of benzene rings is 2. The summed E-state index contributed by atoms with van der Waals surface area (Å²) in [6.07, 6.45) is 0. The van der Waals surface area contributed by atoms with Gasteiger partial charge in [0.1, 0.15) is 0 Å². The number of hydrogen-bond acceptors (Lipinski definition) is 2. The van der Waals surface area contributed by atoms with Crippen molar-refractivity contribution in [2.45, 2.75) is 13.0 Å². The van der Waals surface area contributed by atoms with E-state index in [1.807, 2.05) is 19.1 Å². The van der Waals surface area contributed by atoms with Gasteiger partial charge in [0, 0.05) is 4.47 Å². The van der Waals surface area contributed by atoms with Crippen LogP contribution in [0.25, 0.3) is 0 Å². The lowest BCUT2D eigenvalue weighted by atomic mass is 10.0. The number of rotatable bonds is 4. The van der Waals surface area contributed by atoms with E-state index in [1.54, 1.807) is 30.3 Å². The van der Waals surface area contributed by atoms with Gasteiger partial charge in [-0.25, -0.2) is 4.79 Å². The highest BCUT2D eigenvalue weighted by Gasteiger charge is 2.20. The van der Waals surface area contributed by atoms with Gasteiger partial charge in [0.2, 0.25) is 0 Å². The van der Waals surface area contributed by atoms with Gasteiger partial charge in [0.05, 0.1) is 10.7 Å². The van der Waals surface area contributed by atoms with Gasteiger partial charge in [-0.3, -0.25) is 0 Å². The number of aryl methyl sites for hydroxylation is 1. The third-order valence-electron chi connectivity index (χ3n) is 2.94. The average molecular weight is 355 g/mol. The predicted molar refractivity (Wildman–Crippen MR) is 84.3 cm³/mol. The van der Waals surface area contributed by atoms with E-state index in [9.17, 15) is 9.90 Å². The van der Waals surface area contributed by atoms with Gasteiger partial charge in [0.25, 0.3) is 0 Å². The first-order valence-corrected chi connectivity index (χ1v) is 7.16. The largest absolute Gasteiger partial charge is 0.479 e. The smallest absolute Gasteiger partial charge is 0.330 e. The first-order valence-electron chi connectivity index (χ1n) is 5.99. The van der Waals surface area contributed by atoms with Gasteiger partial charge in [0.15, 0.2) is 6.04 Å². The maximum Gasteiger partial charge on any atom is 0.330 e. The number of carboxylic acid groups (broad SMARTS) is 1. The van der Waals surface area contributed by atoms with E-state index in [2.05, 4.69) is 21.2 Å². The van der Waals surface area contributed by atoms with E-state index in [-0.39, 0.29) is 0 Å². The highest BCUT2D eigenvalue weighted by molar-refractivity contribution is 9.10. The molecule has 2 aromatic carbocycles. The summed E-state index contributed by atoms with van der Waals surface area (Å²) < 4.78 is 0.947. The predicted octanol–water partition coefficient (Wildman–Crippen LogP) is 4.65. The van der Waals surface area contributed by atoms with Gasteiger partial charge >= 0.3 is 5.97 Å². The van der Waals surface area contributed by atoms with E-state index in [0.717, 1.165) is 10.0 Å². The molecule has 5 heteroatoms. The summed E-state index contributed by atoms with van der Waals surface area (Å²) in [7, 11) is 0. The summed E-state index contributed by atoms with van der Waals surface area (Å²) >= 11 is 9.46. The Labute approximate surface area is 130 Å². The second kappa shape index (κ2) is 6.29. The number of halogens is 2. The Morgan fingerprint density at radius 1 is 1.30 bits per heavy atom. The second-order valence-electron chi connectivity index (χ2n) is 4.40. The lowest BCUT2D eigenvalue weighted by Crippen LogP contribution is -2.20. The van der Waals surface area contributed by atoms with Gasteiger partial charge < -0.3 is 10.4 Å². The zero-order valence-electron chi connectivity index (χ0n) is 10.7. The lowest BCUT2D eigenvalue weighted by Gasteiger charge is -2.18. The van der Waals surface area contributed by atoms with Gasteiger partial charge in [-0.05, 0) is 36.2 Å². The molecule has 3 nitrogen and oxygen atoms in total. The van der Waals surface area contributed by atoms with Gasteiger partial charge in [-0.1, -0.05) is 51.8 Å². The number of para-hydroxylation sites is 1. The number of hydrogen-bond donors (Lipinski definition) is 2. The van der Waals surface area contributed by atoms with E-state index in [1.165, 1.54) is 0 Å². The summed E-state index contributed by atoms with van der Waals surface area (Å²) in [5.41, 5.74) is 2.26. The zero-order chi connectivity index (χ0) is 14.7. The molecule has 1 unspecified atom stereocenters. The molecule has 0 aromatic heterocycles. The van der Waals surface area contributed by atoms with E-state index < -0.39 is 12.0 Å². The number of carboxylic acids is 1. The molecular weight excluding hydrogens is 342 g/mol. The first-order chi connectivity index (χ1) is 9.49. The van der Waals surface area contributed by atoms with Crippen LogP contribution in [-0.4, -0.2) is 11.1 Å². The molecule has 2 rings (SSSR count). The summed E-state index contributed by atoms with van der Waals surface area (Å²) in [5.74, 6) is -0.952. The van der Waals surface area contributed by atoms with Crippen molar-refractivity contribution >= 4 is 39.2 Å². The Balaban J connectivity index is 2.34. The summed E-state index contributed by atoms with van der Waals surface area (Å²) in [6.45, 7) is 1.92. The molecule has 1 atom stereocenters. The molecule has 2 aromatic rings. The van der Waals surface area contributed by atoms with Crippen molar-refractivity contribution in [2.75, 3.05) is 5.32 Å². The fourth-order valence-corrected chi connectivity index (χ4v) is 2.31. The molecule has 0 spiro atoms. The molecule has 0 aliphatic heterocycles. The normalized spacial score (nSPS) is 11.9. The monoisotopic (exact) mass is 353 g/mol. The molecule has 0 aliphatic carbocycles. The molecule has 0 saturated heterocycles. The van der Waals surface area contributed by atoms with Crippen LogP contribution in [0.5, 0.6) is 0 Å². The van der Waals surface area contributed by atoms with Crippen molar-refractivity contribution in [3.63, 3.8) is 0 Å². The fourth-order valence-electron chi connectivity index (χ4n) is 1.87. The van der Waals surface area contributed by atoms with Gasteiger partial charge in [-0.15, -0.1) is 0 Å². The SMILES string of the molecule is Cc1cc(C(Nc2ccccc2Cl)C(=O)O)ccc1Br. The second-order valence-corrected chi connectivity index (χ2v) is 5.67. The maximum absolute atomic E-state index is 11.5. The van der Waals surface area contributed by atoms with Crippen LogP contribution in [-0.2, 0) is 4.79 Å². The van der Waals surface area contributed by atoms with E-state index >= 15 is 0 Å². The molecule has 0 bridgehead atoms. The number of nitrogens with one attached hydrogen (secondary N) is 1. The number of carbonyl (C=O) groups is 1. The van der Waals surface area contributed by atoms with Crippen LogP contribution in [0.2, 0.25) is 5.02 Å². The minimum atomic E-state index is -0.952. The Morgan fingerprint density at radius 3 is 2.60 bits per heavy atom. The molecule has 0 radical (unpaired) electrons. The fraction of sp³-hybridized carbons (Fsp3) is 0.133. The van der Waals surface area contributed by atoms with Crippen LogP contribution < -0.4 is 5.32 Å². The quantitative estimate of drug-likeness (QED) is 0.840. The third-order valence-corrected chi connectivity index (χ3v) is 4.16. The molecular formula is C15H13BrClNO2. The molecule has 104 valence electrons. The van der Waals surface area contributed by atoms with Crippen molar-refractivity contribution in [1.29, 1.82) is 0 Å². The summed E-state index contributed by atoms with van der Waals surface area (Å²) in [4.78, 5) is 11.5. The van der Waals surface area contributed by atoms with Crippen LogP contribution >= 0.6 is 27.5 Å². The Hall–Kier alpha value is -1.52. The summed E-state index contributed by atoms with van der Waals surface area (Å²) in [6, 6.07) is 11.7. The van der Waals surface area contributed by atoms with Gasteiger partial charge in [-0.2, -0.15) is 0 Å². The zero-order valence-corrected chi connectivity index (χ0v) is 13.1. The highest BCUT2D eigenvalue weighted by Crippen LogP contribution is 2.28. The standard InChI is InChI=1S/C15H13BrClNO2/c1-9-8-10(6-7-11(9)16)14(15(19)20)18-13-5-3-2-4-12(13)17/h2-8,14,18H,1H3,(H,19,20). The molecule has 20 heavy (non-hydrogen) atoms. The van der Waals surface area contributed by atoms with Crippen LogP contribution in [0, 0.1) is 6.92 Å². The lowest BCUT2D eigenvalue weighted by molar-refractivity contribution is -0.138. The van der Waals surface area contributed by atoms with Crippen molar-refractivity contribution in [2.24, 2.45) is 0 Å². The molecule has 0 saturated carbocycles. The number of anilines is 1. The average Bonchev–Trinajstić information content (AvgIpc) is 2.41. The Bertz CT molecular complexity index is 646. The highest BCUT2D eigenvalue weighted by atomic mass is 79.9. The van der Waals surface area contributed by atoms with E-state index in [0.29, 0.717) is 16.3 Å². The molecule has 0 amide bonds. The minimum absolute atomic E-state index is 0.493. The minimum Gasteiger partial charge on any atom is -0.479 e. The van der Waals surface area contributed by atoms with Crippen molar-refractivity contribution in [1.82, 2.24) is 0 Å². The maximum atomic E-state index is 11.5. The number of aliphatic carboxylic acids is 1. The molecule has 0 fully saturated rings. The first kappa shape index (κ1) is 14.9. The van der Waals surface area contributed by atoms with Crippen molar-refractivity contribution < 1.29 is 9.90 Å². The summed E-state index contributed by atoms with van der Waals surface area (Å²) in [5, 5.41) is 12.9. The van der Waals surface area contributed by atoms with Crippen LogP contribution in [0.15, 0.2) is 46.9 Å². The Kier molecular flexibility index (Phi) is 4.68. The van der Waals surface area contributed by atoms with Crippen LogP contribution in [0.3, 0.4) is 0 Å². The molecule has 0 aliphatic rings. The topological polar surface area (TPSA) is 49.3 Å². The third kappa shape index (κ3) is 3.32. The van der Waals surface area contributed by atoms with Crippen molar-refractivity contribution in [3.8, 4) is 0 Å².